The number of aryl methyl sites for hydroxylation is 1. The zero-order chi connectivity index (χ0) is 34.4. The van der Waals surface area contributed by atoms with Crippen molar-refractivity contribution in [1.29, 1.82) is 5.26 Å². The van der Waals surface area contributed by atoms with Crippen LogP contribution in [0.25, 0.3) is 21.9 Å². The Labute approximate surface area is 264 Å². The van der Waals surface area contributed by atoms with Crippen molar-refractivity contribution < 1.29 is 52.4 Å². The van der Waals surface area contributed by atoms with Crippen LogP contribution in [0.1, 0.15) is 34.5 Å². The number of anilines is 1. The number of fused-ring (bicyclic) bond motifs is 2. The Hall–Kier alpha value is -4.28. The van der Waals surface area contributed by atoms with Crippen LogP contribution < -0.4 is 9.62 Å². The lowest BCUT2D eigenvalue weighted by atomic mass is 10.1. The molecule has 0 spiro atoms. The number of halogens is 6. The van der Waals surface area contributed by atoms with Gasteiger partial charge in [0.2, 0.25) is 0 Å². The van der Waals surface area contributed by atoms with Crippen LogP contribution >= 0.6 is 0 Å². The predicted molar refractivity (Wildman–Crippen MR) is 157 cm³/mol. The maximum atomic E-state index is 13.3. The topological polar surface area (TPSA) is 146 Å². The molecule has 252 valence electrons. The number of benzene rings is 2. The van der Waals surface area contributed by atoms with Crippen molar-refractivity contribution in [1.82, 2.24) is 13.6 Å². The van der Waals surface area contributed by atoms with Gasteiger partial charge in [0.05, 0.1) is 17.1 Å². The number of amides is 1. The van der Waals surface area contributed by atoms with Crippen molar-refractivity contribution in [2.45, 2.75) is 30.3 Å². The van der Waals surface area contributed by atoms with Crippen LogP contribution in [-0.2, 0) is 26.5 Å². The lowest BCUT2D eigenvalue weighted by Gasteiger charge is -2.36. The average molecular weight is 706 g/mol. The van der Waals surface area contributed by atoms with Gasteiger partial charge in [-0.05, 0) is 73.8 Å². The van der Waals surface area contributed by atoms with E-state index in [9.17, 15) is 53.2 Å². The maximum Gasteiger partial charge on any atom is 0.517 e. The van der Waals surface area contributed by atoms with E-state index in [0.29, 0.717) is 62.9 Å². The zero-order valence-electron chi connectivity index (χ0n) is 24.1. The van der Waals surface area contributed by atoms with Crippen molar-refractivity contribution in [3.05, 3.63) is 65.5 Å². The highest BCUT2D eigenvalue weighted by Gasteiger charge is 2.48. The van der Waals surface area contributed by atoms with E-state index in [-0.39, 0.29) is 26.0 Å². The van der Waals surface area contributed by atoms with Crippen LogP contribution in [-0.4, -0.2) is 75.4 Å². The van der Waals surface area contributed by atoms with E-state index in [1.165, 1.54) is 24.3 Å². The third-order valence-electron chi connectivity index (χ3n) is 7.70. The van der Waals surface area contributed by atoms with Gasteiger partial charge in [0.1, 0.15) is 5.58 Å². The predicted octanol–water partition coefficient (Wildman–Crippen LogP) is 4.68. The molecule has 0 saturated carbocycles. The molecule has 0 bridgehead atoms. The van der Waals surface area contributed by atoms with Gasteiger partial charge in [-0.25, -0.2) is 8.69 Å². The lowest BCUT2D eigenvalue weighted by molar-refractivity contribution is -0.0451. The number of sulfonamides is 1. The van der Waals surface area contributed by atoms with Gasteiger partial charge in [-0.1, -0.05) is 0 Å². The molecule has 0 atom stereocenters. The van der Waals surface area contributed by atoms with Crippen LogP contribution in [0, 0.1) is 11.3 Å². The van der Waals surface area contributed by atoms with E-state index in [2.05, 4.69) is 4.90 Å². The summed E-state index contributed by atoms with van der Waals surface area (Å²) >= 11 is 0. The number of nitriles is 1. The molecule has 1 aliphatic rings. The van der Waals surface area contributed by atoms with Gasteiger partial charge in [0.25, 0.3) is 0 Å². The van der Waals surface area contributed by atoms with Gasteiger partial charge in [0, 0.05) is 48.8 Å². The third-order valence-corrected chi connectivity index (χ3v) is 10.2. The molecule has 2 aromatic carbocycles. The van der Waals surface area contributed by atoms with E-state index >= 15 is 0 Å². The van der Waals surface area contributed by atoms with Crippen LogP contribution in [0.5, 0.6) is 0 Å². The SMILES string of the molecule is N#Cc1ccc2c(c1)c(CCCCN1CCN(c3ccc4oc(C(=O)NS(=O)(=O)C(F)(F)F)cc4c3)CC1)cn2S(=O)(=O)C(F)(F)F. The molecule has 3 heterocycles. The van der Waals surface area contributed by atoms with Crippen LogP contribution in [0.2, 0.25) is 0 Å². The Balaban J connectivity index is 1.17. The quantitative estimate of drug-likeness (QED) is 0.194. The number of carbonyl (C=O) groups excluding carboxylic acids is 1. The van der Waals surface area contributed by atoms with Gasteiger partial charge in [0.15, 0.2) is 5.76 Å². The average Bonchev–Trinajstić information content (AvgIpc) is 3.60. The van der Waals surface area contributed by atoms with Crippen LogP contribution in [0.15, 0.2) is 53.1 Å². The second-order valence-corrected chi connectivity index (χ2v) is 14.2. The number of nitrogens with zero attached hydrogens (tertiary/aromatic N) is 4. The van der Waals surface area contributed by atoms with E-state index in [0.717, 1.165) is 22.7 Å². The van der Waals surface area contributed by atoms with Crippen molar-refractivity contribution >= 4 is 53.5 Å². The maximum absolute atomic E-state index is 13.3. The first-order chi connectivity index (χ1) is 21.9. The molecular weight excluding hydrogens is 680 g/mol. The summed E-state index contributed by atoms with van der Waals surface area (Å²) in [4.78, 5) is 16.3. The third kappa shape index (κ3) is 6.89. The van der Waals surface area contributed by atoms with Crippen molar-refractivity contribution in [2.75, 3.05) is 37.6 Å². The first kappa shape index (κ1) is 34.1. The van der Waals surface area contributed by atoms with Gasteiger partial charge in [-0.3, -0.25) is 9.69 Å². The molecule has 0 aliphatic carbocycles. The molecular formula is C28H25F6N5O6S2. The van der Waals surface area contributed by atoms with Crippen molar-refractivity contribution in [3.8, 4) is 6.07 Å². The van der Waals surface area contributed by atoms with Crippen molar-refractivity contribution in [3.63, 3.8) is 0 Å². The standard InChI is InChI=1S/C28H25F6N5O6S2/c29-27(30,31)46(41,42)36-26(40)25-15-20-14-21(5-7-24(20)45-25)38-11-9-37(10-12-38)8-2-1-3-19-17-39(47(43,44)28(32,33)34)23-6-4-18(16-35)13-22(19)23/h4-7,13-15,17H,1-3,8-12H2,(H,36,40). The Morgan fingerprint density at radius 2 is 1.62 bits per heavy atom. The number of aromatic nitrogens is 1. The number of carbonyl (C=O) groups is 1. The first-order valence-electron chi connectivity index (χ1n) is 13.9. The summed E-state index contributed by atoms with van der Waals surface area (Å²) in [5.41, 5.74) is -9.84. The molecule has 0 radical (unpaired) electrons. The molecule has 4 aromatic rings. The molecule has 1 aliphatic heterocycles. The number of alkyl halides is 6. The molecule has 5 rings (SSSR count). The van der Waals surface area contributed by atoms with Gasteiger partial charge in [-0.15, -0.1) is 0 Å². The minimum Gasteiger partial charge on any atom is -0.451 e. The highest BCUT2D eigenvalue weighted by Crippen LogP contribution is 2.32. The normalized spacial score (nSPS) is 15.3. The summed E-state index contributed by atoms with van der Waals surface area (Å²) in [6.07, 6.45) is 2.45. The highest BCUT2D eigenvalue weighted by molar-refractivity contribution is 7.91. The summed E-state index contributed by atoms with van der Waals surface area (Å²) in [7, 11) is -11.6. The van der Waals surface area contributed by atoms with E-state index in [1.54, 1.807) is 12.1 Å². The fourth-order valence-electron chi connectivity index (χ4n) is 5.30. The number of hydrogen-bond donors (Lipinski definition) is 1. The summed E-state index contributed by atoms with van der Waals surface area (Å²) in [6, 6.07) is 11.8. The minimum absolute atomic E-state index is 0.157. The van der Waals surface area contributed by atoms with E-state index in [1.807, 2.05) is 11.0 Å². The van der Waals surface area contributed by atoms with E-state index < -0.39 is 42.7 Å². The molecule has 2 aromatic heterocycles. The van der Waals surface area contributed by atoms with E-state index in [4.69, 9.17) is 4.42 Å². The number of hydrogen-bond acceptors (Lipinski definition) is 9. The van der Waals surface area contributed by atoms with Crippen LogP contribution in [0.4, 0.5) is 32.0 Å². The molecule has 0 unspecified atom stereocenters. The molecule has 11 nitrogen and oxygen atoms in total. The molecule has 1 amide bonds. The number of nitrogens with one attached hydrogen (secondary N) is 1. The fourth-order valence-corrected chi connectivity index (χ4v) is 6.66. The lowest BCUT2D eigenvalue weighted by Crippen LogP contribution is -2.46. The summed E-state index contributed by atoms with van der Waals surface area (Å²) in [6.45, 7) is 3.17. The number of piperazine rings is 1. The number of furan rings is 1. The Morgan fingerprint density at radius 3 is 2.26 bits per heavy atom. The largest absolute Gasteiger partial charge is 0.517 e. The summed E-state index contributed by atoms with van der Waals surface area (Å²) in [5, 5.41) is 9.87. The number of rotatable bonds is 9. The fraction of sp³-hybridized carbons (Fsp3) is 0.357. The minimum atomic E-state index is -5.90. The van der Waals surface area contributed by atoms with Crippen molar-refractivity contribution in [2.24, 2.45) is 0 Å². The van der Waals surface area contributed by atoms with Gasteiger partial charge in [-0.2, -0.15) is 48.4 Å². The Morgan fingerprint density at radius 1 is 0.915 bits per heavy atom. The Kier molecular flexibility index (Phi) is 8.98. The molecule has 47 heavy (non-hydrogen) atoms. The molecule has 19 heteroatoms. The monoisotopic (exact) mass is 705 g/mol. The summed E-state index contributed by atoms with van der Waals surface area (Å²) in [5.74, 6) is -2.16. The first-order valence-corrected chi connectivity index (χ1v) is 16.8. The molecule has 1 fully saturated rings. The second-order valence-electron chi connectivity index (χ2n) is 10.7. The summed E-state index contributed by atoms with van der Waals surface area (Å²) < 4.78 is 131. The number of unbranched alkanes of at least 4 members (excludes halogenated alkanes) is 1. The Bertz CT molecular complexity index is 2090. The molecule has 1 saturated heterocycles. The second kappa shape index (κ2) is 12.4. The van der Waals surface area contributed by atoms with Gasteiger partial charge < -0.3 is 9.32 Å². The van der Waals surface area contributed by atoms with Crippen LogP contribution in [0.3, 0.4) is 0 Å². The van der Waals surface area contributed by atoms with Gasteiger partial charge >= 0.3 is 37.0 Å². The zero-order valence-corrected chi connectivity index (χ0v) is 25.7. The molecule has 1 N–H and O–H groups in total. The smallest absolute Gasteiger partial charge is 0.451 e. The highest BCUT2D eigenvalue weighted by atomic mass is 32.2.